The molecule has 13 nitrogen and oxygen atoms in total. The summed E-state index contributed by atoms with van der Waals surface area (Å²) < 4.78 is 16.7. The van der Waals surface area contributed by atoms with E-state index in [1.165, 1.54) is 13.3 Å². The van der Waals surface area contributed by atoms with Gasteiger partial charge in [-0.2, -0.15) is 9.78 Å². The van der Waals surface area contributed by atoms with Crippen LogP contribution >= 0.6 is 0 Å². The molecule has 3 N–H and O–H groups in total. The molecule has 0 radical (unpaired) electrons. The molecule has 3 aromatic carbocycles. The van der Waals surface area contributed by atoms with Gasteiger partial charge in [0.15, 0.2) is 17.2 Å². The number of hydrogen-bond donors (Lipinski definition) is 2. The Kier molecular flexibility index (Phi) is 7.03. The van der Waals surface area contributed by atoms with Gasteiger partial charge >= 0.3 is 5.97 Å². The number of benzene rings is 3. The second kappa shape index (κ2) is 11.0. The largest absolute Gasteiger partial charge is 0.493 e. The second-order valence-corrected chi connectivity index (χ2v) is 7.87. The number of aromatic nitrogens is 5. The number of para-hydroxylation sites is 1. The molecule has 2 aromatic heterocycles. The Morgan fingerprint density at radius 3 is 2.44 bits per heavy atom. The summed E-state index contributed by atoms with van der Waals surface area (Å²) in [6, 6.07) is 22.4. The van der Waals surface area contributed by atoms with E-state index in [0.717, 1.165) is 4.68 Å². The third kappa shape index (κ3) is 5.17. The van der Waals surface area contributed by atoms with E-state index < -0.39 is 11.9 Å². The number of ether oxygens (including phenoxy) is 2. The Bertz CT molecular complexity index is 1650. The van der Waals surface area contributed by atoms with Crippen LogP contribution in [0.5, 0.6) is 11.5 Å². The highest BCUT2D eigenvalue weighted by Crippen LogP contribution is 2.31. The van der Waals surface area contributed by atoms with Crippen molar-refractivity contribution < 1.29 is 23.7 Å². The Morgan fingerprint density at radius 2 is 1.74 bits per heavy atom. The maximum atomic E-state index is 13.3. The van der Waals surface area contributed by atoms with Crippen molar-refractivity contribution >= 4 is 23.9 Å². The number of nitrogen functional groups attached to an aromatic ring is 1. The van der Waals surface area contributed by atoms with Gasteiger partial charge in [0.25, 0.3) is 5.91 Å². The van der Waals surface area contributed by atoms with Crippen LogP contribution in [0.4, 0.5) is 5.82 Å². The van der Waals surface area contributed by atoms with E-state index in [2.05, 4.69) is 35.8 Å². The lowest BCUT2D eigenvalue weighted by molar-refractivity contribution is 0.0729. The first-order chi connectivity index (χ1) is 19.1. The van der Waals surface area contributed by atoms with Crippen molar-refractivity contribution in [3.05, 3.63) is 95.7 Å². The van der Waals surface area contributed by atoms with Crippen molar-refractivity contribution in [1.82, 2.24) is 30.7 Å². The van der Waals surface area contributed by atoms with E-state index in [0.29, 0.717) is 22.4 Å². The maximum absolute atomic E-state index is 13.3. The van der Waals surface area contributed by atoms with Crippen LogP contribution in [0.15, 0.2) is 88.6 Å². The number of nitrogens with one attached hydrogen (secondary N) is 1. The van der Waals surface area contributed by atoms with Gasteiger partial charge in [0, 0.05) is 11.1 Å². The quantitative estimate of drug-likeness (QED) is 0.133. The van der Waals surface area contributed by atoms with Gasteiger partial charge < -0.3 is 15.2 Å². The van der Waals surface area contributed by atoms with E-state index in [1.807, 2.05) is 6.07 Å². The molecular weight excluding hydrogens is 504 g/mol. The van der Waals surface area contributed by atoms with Crippen molar-refractivity contribution in [2.75, 3.05) is 12.8 Å². The Hall–Kier alpha value is -5.85. The minimum atomic E-state index is -0.678. The lowest BCUT2D eigenvalue weighted by Gasteiger charge is -2.11. The summed E-state index contributed by atoms with van der Waals surface area (Å²) in [4.78, 5) is 26.0. The molecule has 5 aromatic rings. The lowest BCUT2D eigenvalue weighted by Crippen LogP contribution is -2.23. The third-order valence-electron chi connectivity index (χ3n) is 5.43. The van der Waals surface area contributed by atoms with E-state index in [4.69, 9.17) is 15.2 Å². The molecule has 0 bridgehead atoms. The Balaban J connectivity index is 1.44. The molecule has 0 aliphatic carbocycles. The van der Waals surface area contributed by atoms with Crippen molar-refractivity contribution in [3.8, 4) is 28.6 Å². The van der Waals surface area contributed by atoms with Crippen LogP contribution in [0.2, 0.25) is 0 Å². The molecule has 1 amide bonds. The number of anilines is 1. The van der Waals surface area contributed by atoms with Crippen LogP contribution in [0, 0.1) is 0 Å². The topological polar surface area (TPSA) is 173 Å². The molecule has 0 aliphatic rings. The fraction of sp³-hybridized carbons (Fsp3) is 0.0385. The molecular formula is C26H20N8O5. The molecule has 0 spiro atoms. The summed E-state index contributed by atoms with van der Waals surface area (Å²) in [7, 11) is 1.45. The fourth-order valence-corrected chi connectivity index (χ4v) is 3.61. The molecule has 194 valence electrons. The zero-order valence-corrected chi connectivity index (χ0v) is 20.4. The zero-order valence-electron chi connectivity index (χ0n) is 20.4. The van der Waals surface area contributed by atoms with E-state index >= 15 is 0 Å². The van der Waals surface area contributed by atoms with E-state index in [1.54, 1.807) is 72.8 Å². The summed E-state index contributed by atoms with van der Waals surface area (Å²) in [6.45, 7) is 0. The summed E-state index contributed by atoms with van der Waals surface area (Å²) >= 11 is 0. The van der Waals surface area contributed by atoms with Gasteiger partial charge in [-0.15, -0.1) is 5.10 Å². The molecule has 13 heteroatoms. The second-order valence-electron chi connectivity index (χ2n) is 7.87. The molecule has 0 fully saturated rings. The lowest BCUT2D eigenvalue weighted by atomic mass is 10.1. The van der Waals surface area contributed by atoms with Gasteiger partial charge in [-0.05, 0) is 34.6 Å². The van der Waals surface area contributed by atoms with Crippen LogP contribution in [0.1, 0.15) is 26.4 Å². The van der Waals surface area contributed by atoms with Gasteiger partial charge in [0.1, 0.15) is 5.69 Å². The molecule has 0 saturated heterocycles. The smallest absolute Gasteiger partial charge is 0.343 e. The average molecular weight is 524 g/mol. The number of hydrogen-bond acceptors (Lipinski definition) is 11. The van der Waals surface area contributed by atoms with Gasteiger partial charge in [-0.3, -0.25) is 4.79 Å². The predicted molar refractivity (Wildman–Crippen MR) is 139 cm³/mol. The van der Waals surface area contributed by atoms with Gasteiger partial charge in [0.05, 0.1) is 18.9 Å². The van der Waals surface area contributed by atoms with Crippen LogP contribution in [0.3, 0.4) is 0 Å². The summed E-state index contributed by atoms with van der Waals surface area (Å²) in [5.74, 6) is -0.925. The van der Waals surface area contributed by atoms with Gasteiger partial charge in [-0.25, -0.2) is 14.8 Å². The van der Waals surface area contributed by atoms with Crippen LogP contribution in [-0.4, -0.2) is 50.5 Å². The zero-order chi connectivity index (χ0) is 27.2. The number of carbonyl (C=O) groups excluding carboxylic acids is 2. The van der Waals surface area contributed by atoms with Crippen molar-refractivity contribution in [2.24, 2.45) is 5.10 Å². The normalized spacial score (nSPS) is 10.9. The predicted octanol–water partition coefficient (Wildman–Crippen LogP) is 2.89. The number of nitrogens with zero attached hydrogens (tertiary/aromatic N) is 6. The molecule has 0 saturated carbocycles. The SMILES string of the molecule is COc1cccc(/C=N\NC(=O)c2c(-c3ccccc3)nnn2-c2nonc2N)c1OC(=O)c1ccccc1. The van der Waals surface area contributed by atoms with Gasteiger partial charge in [0.2, 0.25) is 11.6 Å². The number of carbonyl (C=O) groups is 2. The highest BCUT2D eigenvalue weighted by Gasteiger charge is 2.26. The fourth-order valence-electron chi connectivity index (χ4n) is 3.61. The third-order valence-corrected chi connectivity index (χ3v) is 5.43. The first-order valence-electron chi connectivity index (χ1n) is 11.4. The summed E-state index contributed by atoms with van der Waals surface area (Å²) in [5, 5.41) is 19.5. The highest BCUT2D eigenvalue weighted by molar-refractivity contribution is 5.99. The Morgan fingerprint density at radius 1 is 1.00 bits per heavy atom. The molecule has 0 atom stereocenters. The van der Waals surface area contributed by atoms with E-state index in [-0.39, 0.29) is 28.8 Å². The standard InChI is InChI=1S/C26H20N8O5/c1-37-19-14-8-13-18(22(19)38-26(36)17-11-6-3-7-12-17)15-28-30-25(35)21-20(16-9-4-2-5-10-16)29-33-34(21)24-23(27)31-39-32-24/h2-15H,1H3,(H2,27,31)(H,30,35)/b28-15-. The molecule has 5 rings (SSSR count). The minimum Gasteiger partial charge on any atom is -0.493 e. The molecule has 0 aliphatic heterocycles. The number of methoxy groups -OCH3 is 1. The average Bonchev–Trinajstić information content (AvgIpc) is 3.60. The van der Waals surface area contributed by atoms with Crippen LogP contribution < -0.4 is 20.6 Å². The highest BCUT2D eigenvalue weighted by atomic mass is 16.6. The summed E-state index contributed by atoms with van der Waals surface area (Å²) in [6.07, 6.45) is 1.32. The van der Waals surface area contributed by atoms with E-state index in [9.17, 15) is 9.59 Å². The van der Waals surface area contributed by atoms with Gasteiger partial charge in [-0.1, -0.05) is 59.8 Å². The number of esters is 1. The maximum Gasteiger partial charge on any atom is 0.343 e. The molecule has 2 heterocycles. The number of amides is 1. The molecule has 0 unspecified atom stereocenters. The summed E-state index contributed by atoms with van der Waals surface area (Å²) in [5.41, 5.74) is 9.86. The Labute approximate surface area is 220 Å². The van der Waals surface area contributed by atoms with Crippen LogP contribution in [-0.2, 0) is 0 Å². The number of nitrogens with two attached hydrogens (primary N) is 1. The van der Waals surface area contributed by atoms with Crippen molar-refractivity contribution in [3.63, 3.8) is 0 Å². The number of hydrazone groups is 1. The minimum absolute atomic E-state index is 0.0119. The number of rotatable bonds is 8. The van der Waals surface area contributed by atoms with Crippen molar-refractivity contribution in [1.29, 1.82) is 0 Å². The van der Waals surface area contributed by atoms with Crippen LogP contribution in [0.25, 0.3) is 17.1 Å². The molecule has 39 heavy (non-hydrogen) atoms. The van der Waals surface area contributed by atoms with Crippen molar-refractivity contribution in [2.45, 2.75) is 0 Å². The first-order valence-corrected chi connectivity index (χ1v) is 11.4. The monoisotopic (exact) mass is 524 g/mol. The first kappa shape index (κ1) is 24.8.